The van der Waals surface area contributed by atoms with Crippen LogP contribution in [0.3, 0.4) is 0 Å². The Morgan fingerprint density at radius 3 is 2.65 bits per heavy atom. The minimum Gasteiger partial charge on any atom is -0.476 e. The number of ether oxygens (including phenoxy) is 2. The molecular weight excluding hydrogens is 261 g/mol. The number of halogens is 1. The fraction of sp³-hybridized carbons (Fsp3) is 0.533. The van der Waals surface area contributed by atoms with Crippen molar-refractivity contribution in [3.05, 3.63) is 29.6 Å². The Bertz CT molecular complexity index is 451. The van der Waals surface area contributed by atoms with Crippen LogP contribution in [0.1, 0.15) is 32.8 Å². The van der Waals surface area contributed by atoms with Gasteiger partial charge in [0.1, 0.15) is 0 Å². The second-order valence-electron chi connectivity index (χ2n) is 4.65. The number of rotatable bonds is 7. The van der Waals surface area contributed by atoms with E-state index < -0.39 is 17.9 Å². The van der Waals surface area contributed by atoms with Crippen molar-refractivity contribution >= 4 is 5.97 Å². The smallest absolute Gasteiger partial charge is 0.347 e. The lowest BCUT2D eigenvalue weighted by atomic mass is 10.0. The average Bonchev–Trinajstić information content (AvgIpc) is 2.41. The number of hydrogen-bond donors (Lipinski definition) is 1. The second-order valence-corrected chi connectivity index (χ2v) is 4.65. The lowest BCUT2D eigenvalue weighted by Crippen LogP contribution is -2.26. The van der Waals surface area contributed by atoms with Crippen LogP contribution in [0.2, 0.25) is 0 Å². The van der Waals surface area contributed by atoms with Gasteiger partial charge in [-0.15, -0.1) is 0 Å². The van der Waals surface area contributed by atoms with E-state index in [1.54, 1.807) is 13.0 Å². The monoisotopic (exact) mass is 283 g/mol. The van der Waals surface area contributed by atoms with Crippen molar-refractivity contribution in [2.75, 3.05) is 6.61 Å². The Kier molecular flexibility index (Phi) is 6.45. The van der Waals surface area contributed by atoms with Gasteiger partial charge in [0.2, 0.25) is 0 Å². The highest BCUT2D eigenvalue weighted by molar-refractivity contribution is 5.74. The minimum absolute atomic E-state index is 0.0135. The van der Waals surface area contributed by atoms with E-state index >= 15 is 0 Å². The molecule has 1 rings (SSSR count). The first-order valence-corrected chi connectivity index (χ1v) is 6.85. The molecule has 0 radical (unpaired) electrons. The molecule has 1 aromatic carbocycles. The van der Waals surface area contributed by atoms with Crippen LogP contribution in [0.4, 0.5) is 4.39 Å². The molecule has 0 saturated carbocycles. The number of hydrogen-bond acceptors (Lipinski definition) is 4. The molecule has 0 aliphatic carbocycles. The fourth-order valence-corrected chi connectivity index (χ4v) is 1.71. The topological polar surface area (TPSA) is 61.5 Å². The summed E-state index contributed by atoms with van der Waals surface area (Å²) in [5.41, 5.74) is 6.64. The van der Waals surface area contributed by atoms with E-state index in [4.69, 9.17) is 15.2 Å². The van der Waals surface area contributed by atoms with Gasteiger partial charge in [0, 0.05) is 6.04 Å². The predicted molar refractivity (Wildman–Crippen MR) is 75.1 cm³/mol. The molecule has 4 nitrogen and oxygen atoms in total. The highest BCUT2D eigenvalue weighted by Crippen LogP contribution is 2.20. The molecule has 0 aliphatic heterocycles. The molecule has 0 aromatic heterocycles. The lowest BCUT2D eigenvalue weighted by molar-refractivity contribution is -0.150. The van der Waals surface area contributed by atoms with E-state index in [0.29, 0.717) is 6.42 Å². The molecule has 2 atom stereocenters. The first-order chi connectivity index (χ1) is 9.47. The van der Waals surface area contributed by atoms with Gasteiger partial charge in [-0.25, -0.2) is 9.18 Å². The van der Waals surface area contributed by atoms with Crippen LogP contribution in [0.5, 0.6) is 5.75 Å². The lowest BCUT2D eigenvalue weighted by Gasteiger charge is -2.15. The summed E-state index contributed by atoms with van der Waals surface area (Å²) in [4.78, 5) is 11.4. The minimum atomic E-state index is -0.840. The Labute approximate surface area is 119 Å². The van der Waals surface area contributed by atoms with Crippen LogP contribution in [-0.4, -0.2) is 24.7 Å². The molecule has 0 fully saturated rings. The third kappa shape index (κ3) is 4.81. The van der Waals surface area contributed by atoms with Crippen LogP contribution in [-0.2, 0) is 16.0 Å². The Hall–Kier alpha value is -1.62. The summed E-state index contributed by atoms with van der Waals surface area (Å²) < 4.78 is 24.0. The Balaban J connectivity index is 2.70. The predicted octanol–water partition coefficient (Wildman–Crippen LogP) is 2.44. The number of nitrogens with two attached hydrogens (primary N) is 1. The van der Waals surface area contributed by atoms with Gasteiger partial charge in [-0.05, 0) is 44.4 Å². The highest BCUT2D eigenvalue weighted by Gasteiger charge is 2.17. The summed E-state index contributed by atoms with van der Waals surface area (Å²) in [5, 5.41) is 0. The first-order valence-electron chi connectivity index (χ1n) is 6.85. The zero-order valence-corrected chi connectivity index (χ0v) is 12.2. The van der Waals surface area contributed by atoms with Gasteiger partial charge in [-0.3, -0.25) is 0 Å². The maximum atomic E-state index is 13.9. The summed E-state index contributed by atoms with van der Waals surface area (Å²) in [6, 6.07) is 4.68. The highest BCUT2D eigenvalue weighted by atomic mass is 19.1. The van der Waals surface area contributed by atoms with Crippen molar-refractivity contribution in [1.29, 1.82) is 0 Å². The maximum Gasteiger partial charge on any atom is 0.347 e. The quantitative estimate of drug-likeness (QED) is 0.781. The van der Waals surface area contributed by atoms with Crippen LogP contribution in [0.15, 0.2) is 18.2 Å². The van der Waals surface area contributed by atoms with Crippen LogP contribution < -0.4 is 10.5 Å². The van der Waals surface area contributed by atoms with E-state index in [2.05, 4.69) is 0 Å². The number of carbonyl (C=O) groups is 1. The molecule has 0 amide bonds. The number of benzene rings is 1. The van der Waals surface area contributed by atoms with E-state index in [-0.39, 0.29) is 18.4 Å². The molecular formula is C15H22FNO3. The maximum absolute atomic E-state index is 13.9. The number of esters is 1. The Morgan fingerprint density at radius 1 is 1.40 bits per heavy atom. The summed E-state index contributed by atoms with van der Waals surface area (Å²) in [7, 11) is 0. The van der Waals surface area contributed by atoms with Crippen molar-refractivity contribution in [2.24, 2.45) is 5.73 Å². The summed E-state index contributed by atoms with van der Waals surface area (Å²) in [6.45, 7) is 5.48. The molecule has 112 valence electrons. The second kappa shape index (κ2) is 7.85. The fourth-order valence-electron chi connectivity index (χ4n) is 1.71. The molecule has 0 bridgehead atoms. The standard InChI is InChI=1S/C15H22FNO3/c1-4-12(17)8-11-6-7-14(13(16)9-11)20-10(3)15(18)19-5-2/h6-7,9-10,12H,4-5,8,17H2,1-3H3. The van der Waals surface area contributed by atoms with Gasteiger partial charge >= 0.3 is 5.97 Å². The Morgan fingerprint density at radius 2 is 2.10 bits per heavy atom. The van der Waals surface area contributed by atoms with E-state index in [0.717, 1.165) is 12.0 Å². The molecule has 2 unspecified atom stereocenters. The average molecular weight is 283 g/mol. The van der Waals surface area contributed by atoms with Gasteiger partial charge in [0.05, 0.1) is 6.61 Å². The van der Waals surface area contributed by atoms with Gasteiger partial charge in [-0.2, -0.15) is 0 Å². The third-order valence-corrected chi connectivity index (χ3v) is 2.94. The molecule has 0 heterocycles. The molecule has 1 aromatic rings. The summed E-state index contributed by atoms with van der Waals surface area (Å²) >= 11 is 0. The van der Waals surface area contributed by atoms with Crippen LogP contribution in [0.25, 0.3) is 0 Å². The van der Waals surface area contributed by atoms with Crippen molar-refractivity contribution in [1.82, 2.24) is 0 Å². The van der Waals surface area contributed by atoms with Crippen molar-refractivity contribution < 1.29 is 18.7 Å². The molecule has 5 heteroatoms. The number of carbonyl (C=O) groups excluding carboxylic acids is 1. The van der Waals surface area contributed by atoms with Gasteiger partial charge in [0.25, 0.3) is 0 Å². The molecule has 0 aliphatic rings. The largest absolute Gasteiger partial charge is 0.476 e. The van der Waals surface area contributed by atoms with Gasteiger partial charge in [-0.1, -0.05) is 13.0 Å². The first kappa shape index (κ1) is 16.4. The van der Waals surface area contributed by atoms with Crippen molar-refractivity contribution in [3.8, 4) is 5.75 Å². The van der Waals surface area contributed by atoms with E-state index in [1.165, 1.54) is 19.1 Å². The van der Waals surface area contributed by atoms with Crippen LogP contribution >= 0.6 is 0 Å². The molecule has 2 N–H and O–H groups in total. The third-order valence-electron chi connectivity index (χ3n) is 2.94. The van der Waals surface area contributed by atoms with Gasteiger partial charge in [0.15, 0.2) is 17.7 Å². The van der Waals surface area contributed by atoms with Crippen molar-refractivity contribution in [2.45, 2.75) is 45.8 Å². The normalized spacial score (nSPS) is 13.7. The molecule has 0 spiro atoms. The SMILES string of the molecule is CCOC(=O)C(C)Oc1ccc(CC(N)CC)cc1F. The summed E-state index contributed by atoms with van der Waals surface area (Å²) in [5.74, 6) is -0.967. The van der Waals surface area contributed by atoms with Crippen LogP contribution in [0, 0.1) is 5.82 Å². The van der Waals surface area contributed by atoms with E-state index in [9.17, 15) is 9.18 Å². The van der Waals surface area contributed by atoms with E-state index in [1.807, 2.05) is 6.92 Å². The van der Waals surface area contributed by atoms with Crippen molar-refractivity contribution in [3.63, 3.8) is 0 Å². The van der Waals surface area contributed by atoms with Gasteiger partial charge < -0.3 is 15.2 Å². The molecule has 0 saturated heterocycles. The molecule has 20 heavy (non-hydrogen) atoms. The zero-order chi connectivity index (χ0) is 15.1. The summed E-state index contributed by atoms with van der Waals surface area (Å²) in [6.07, 6.45) is 0.606. The zero-order valence-electron chi connectivity index (χ0n) is 12.2.